The SMILES string of the molecule is CCC(C)(NC(C)C)c1nccs1. The number of nitrogens with zero attached hydrogens (tertiary/aromatic N) is 1. The molecule has 0 amide bonds. The fraction of sp³-hybridized carbons (Fsp3) is 0.700. The summed E-state index contributed by atoms with van der Waals surface area (Å²) in [5, 5.41) is 6.77. The molecular formula is C10H18N2S. The van der Waals surface area contributed by atoms with Gasteiger partial charge in [-0.2, -0.15) is 0 Å². The lowest BCUT2D eigenvalue weighted by Gasteiger charge is -2.29. The summed E-state index contributed by atoms with van der Waals surface area (Å²) >= 11 is 1.72. The van der Waals surface area contributed by atoms with Gasteiger partial charge in [-0.25, -0.2) is 4.98 Å². The maximum atomic E-state index is 4.37. The molecule has 0 aliphatic heterocycles. The van der Waals surface area contributed by atoms with E-state index in [0.717, 1.165) is 6.42 Å². The summed E-state index contributed by atoms with van der Waals surface area (Å²) in [5.41, 5.74) is 0.0440. The van der Waals surface area contributed by atoms with Crippen molar-refractivity contribution < 1.29 is 0 Å². The van der Waals surface area contributed by atoms with Gasteiger partial charge in [0.15, 0.2) is 0 Å². The molecule has 1 aromatic heterocycles. The van der Waals surface area contributed by atoms with Crippen LogP contribution in [0.15, 0.2) is 11.6 Å². The van der Waals surface area contributed by atoms with E-state index in [2.05, 4.69) is 38.0 Å². The quantitative estimate of drug-likeness (QED) is 0.804. The molecule has 1 unspecified atom stereocenters. The summed E-state index contributed by atoms with van der Waals surface area (Å²) in [4.78, 5) is 4.37. The number of thiazole rings is 1. The molecule has 0 aliphatic carbocycles. The third-order valence-corrected chi connectivity index (χ3v) is 3.26. The van der Waals surface area contributed by atoms with Gasteiger partial charge < -0.3 is 5.32 Å². The Balaban J connectivity index is 2.81. The van der Waals surface area contributed by atoms with Gasteiger partial charge in [0, 0.05) is 17.6 Å². The number of nitrogens with one attached hydrogen (secondary N) is 1. The van der Waals surface area contributed by atoms with E-state index in [1.165, 1.54) is 5.01 Å². The predicted molar refractivity (Wildman–Crippen MR) is 58.0 cm³/mol. The van der Waals surface area contributed by atoms with Crippen LogP contribution in [0.5, 0.6) is 0 Å². The molecule has 1 heterocycles. The van der Waals surface area contributed by atoms with Crippen LogP contribution in [0.25, 0.3) is 0 Å². The molecule has 0 bridgehead atoms. The van der Waals surface area contributed by atoms with E-state index in [0.29, 0.717) is 6.04 Å². The second kappa shape index (κ2) is 4.20. The molecule has 74 valence electrons. The minimum absolute atomic E-state index is 0.0440. The third kappa shape index (κ3) is 2.51. The zero-order valence-corrected chi connectivity index (χ0v) is 9.61. The Morgan fingerprint density at radius 3 is 2.69 bits per heavy atom. The molecule has 13 heavy (non-hydrogen) atoms. The highest BCUT2D eigenvalue weighted by molar-refractivity contribution is 7.09. The van der Waals surface area contributed by atoms with Gasteiger partial charge in [-0.3, -0.25) is 0 Å². The zero-order chi connectivity index (χ0) is 9.90. The van der Waals surface area contributed by atoms with Gasteiger partial charge >= 0.3 is 0 Å². The zero-order valence-electron chi connectivity index (χ0n) is 8.79. The average Bonchev–Trinajstić information content (AvgIpc) is 2.55. The first-order valence-corrected chi connectivity index (χ1v) is 5.64. The molecule has 3 heteroatoms. The second-order valence-electron chi connectivity index (χ2n) is 3.82. The van der Waals surface area contributed by atoms with Crippen molar-refractivity contribution in [1.29, 1.82) is 0 Å². The topological polar surface area (TPSA) is 24.9 Å². The van der Waals surface area contributed by atoms with E-state index >= 15 is 0 Å². The monoisotopic (exact) mass is 198 g/mol. The van der Waals surface area contributed by atoms with Crippen molar-refractivity contribution in [1.82, 2.24) is 10.3 Å². The molecule has 0 aliphatic rings. The third-order valence-electron chi connectivity index (χ3n) is 2.22. The first-order valence-electron chi connectivity index (χ1n) is 4.76. The van der Waals surface area contributed by atoms with Crippen LogP contribution in [-0.2, 0) is 5.54 Å². The standard InChI is InChI=1S/C10H18N2S/c1-5-10(4,12-8(2)3)9-11-6-7-13-9/h6-8,12H,5H2,1-4H3. The highest BCUT2D eigenvalue weighted by atomic mass is 32.1. The van der Waals surface area contributed by atoms with Crippen molar-refractivity contribution >= 4 is 11.3 Å². The first kappa shape index (κ1) is 10.7. The van der Waals surface area contributed by atoms with Gasteiger partial charge in [0.2, 0.25) is 0 Å². The summed E-state index contributed by atoms with van der Waals surface area (Å²) < 4.78 is 0. The molecule has 1 atom stereocenters. The molecule has 0 saturated heterocycles. The van der Waals surface area contributed by atoms with Gasteiger partial charge in [-0.05, 0) is 27.2 Å². The summed E-state index contributed by atoms with van der Waals surface area (Å²) in [6.07, 6.45) is 2.94. The van der Waals surface area contributed by atoms with Crippen molar-refractivity contribution in [2.24, 2.45) is 0 Å². The van der Waals surface area contributed by atoms with Crippen LogP contribution in [0.2, 0.25) is 0 Å². The van der Waals surface area contributed by atoms with Gasteiger partial charge in [-0.15, -0.1) is 11.3 Å². The van der Waals surface area contributed by atoms with Crippen molar-refractivity contribution in [3.05, 3.63) is 16.6 Å². The van der Waals surface area contributed by atoms with Crippen LogP contribution in [0, 0.1) is 0 Å². The summed E-state index contributed by atoms with van der Waals surface area (Å²) in [6, 6.07) is 0.494. The van der Waals surface area contributed by atoms with Crippen molar-refractivity contribution in [3.63, 3.8) is 0 Å². The highest BCUT2D eigenvalue weighted by Crippen LogP contribution is 2.26. The van der Waals surface area contributed by atoms with E-state index in [4.69, 9.17) is 0 Å². The lowest BCUT2D eigenvalue weighted by Crippen LogP contribution is -2.43. The fourth-order valence-electron chi connectivity index (χ4n) is 1.45. The van der Waals surface area contributed by atoms with Crippen LogP contribution in [0.4, 0.5) is 0 Å². The second-order valence-corrected chi connectivity index (χ2v) is 4.72. The molecule has 0 aromatic carbocycles. The number of hydrogen-bond donors (Lipinski definition) is 1. The fourth-order valence-corrected chi connectivity index (χ4v) is 2.28. The van der Waals surface area contributed by atoms with Gasteiger partial charge in [-0.1, -0.05) is 6.92 Å². The first-order chi connectivity index (χ1) is 6.08. The molecule has 1 aromatic rings. The van der Waals surface area contributed by atoms with Gasteiger partial charge in [0.25, 0.3) is 0 Å². The maximum Gasteiger partial charge on any atom is 0.112 e. The van der Waals surface area contributed by atoms with Crippen LogP contribution >= 0.6 is 11.3 Å². The number of hydrogen-bond acceptors (Lipinski definition) is 3. The predicted octanol–water partition coefficient (Wildman–Crippen LogP) is 2.77. The van der Waals surface area contributed by atoms with E-state index < -0.39 is 0 Å². The Morgan fingerprint density at radius 1 is 1.62 bits per heavy atom. The molecule has 0 spiro atoms. The van der Waals surface area contributed by atoms with Gasteiger partial charge in [0.05, 0.1) is 5.54 Å². The summed E-state index contributed by atoms with van der Waals surface area (Å²) in [5.74, 6) is 0. The molecule has 0 radical (unpaired) electrons. The van der Waals surface area contributed by atoms with Crippen molar-refractivity contribution in [2.45, 2.75) is 45.7 Å². The summed E-state index contributed by atoms with van der Waals surface area (Å²) in [7, 11) is 0. The van der Waals surface area contributed by atoms with Crippen molar-refractivity contribution in [2.75, 3.05) is 0 Å². The molecule has 1 N–H and O–H groups in total. The molecular weight excluding hydrogens is 180 g/mol. The van der Waals surface area contributed by atoms with E-state index in [1.807, 2.05) is 11.6 Å². The van der Waals surface area contributed by atoms with Gasteiger partial charge in [0.1, 0.15) is 5.01 Å². The minimum atomic E-state index is 0.0440. The van der Waals surface area contributed by atoms with Crippen LogP contribution in [-0.4, -0.2) is 11.0 Å². The van der Waals surface area contributed by atoms with E-state index in [1.54, 1.807) is 11.3 Å². The van der Waals surface area contributed by atoms with E-state index in [9.17, 15) is 0 Å². The molecule has 0 saturated carbocycles. The summed E-state index contributed by atoms with van der Waals surface area (Å²) in [6.45, 7) is 8.74. The lowest BCUT2D eigenvalue weighted by atomic mass is 9.99. The minimum Gasteiger partial charge on any atom is -0.303 e. The van der Waals surface area contributed by atoms with Crippen LogP contribution < -0.4 is 5.32 Å². The van der Waals surface area contributed by atoms with Crippen LogP contribution in [0.3, 0.4) is 0 Å². The number of rotatable bonds is 4. The molecule has 1 rings (SSSR count). The normalized spacial score (nSPS) is 16.1. The Kier molecular flexibility index (Phi) is 3.45. The highest BCUT2D eigenvalue weighted by Gasteiger charge is 2.27. The number of aromatic nitrogens is 1. The van der Waals surface area contributed by atoms with Crippen molar-refractivity contribution in [3.8, 4) is 0 Å². The largest absolute Gasteiger partial charge is 0.303 e. The molecule has 0 fully saturated rings. The average molecular weight is 198 g/mol. The Hall–Kier alpha value is -0.410. The van der Waals surface area contributed by atoms with Crippen LogP contribution in [0.1, 0.15) is 39.1 Å². The lowest BCUT2D eigenvalue weighted by molar-refractivity contribution is 0.322. The van der Waals surface area contributed by atoms with E-state index in [-0.39, 0.29) is 5.54 Å². The Labute approximate surface area is 84.4 Å². The maximum absolute atomic E-state index is 4.37. The molecule has 2 nitrogen and oxygen atoms in total. The smallest absolute Gasteiger partial charge is 0.112 e. The Bertz CT molecular complexity index is 243. The Morgan fingerprint density at radius 2 is 2.31 bits per heavy atom.